The van der Waals surface area contributed by atoms with Gasteiger partial charge >= 0.3 is 0 Å². The third-order valence-electron chi connectivity index (χ3n) is 4.12. The van der Waals surface area contributed by atoms with Crippen LogP contribution in [0.3, 0.4) is 0 Å². The summed E-state index contributed by atoms with van der Waals surface area (Å²) in [7, 11) is 3.47. The average molecular weight is 278 g/mol. The van der Waals surface area contributed by atoms with Gasteiger partial charge in [0, 0.05) is 26.2 Å². The Morgan fingerprint density at radius 3 is 2.65 bits per heavy atom. The van der Waals surface area contributed by atoms with Crippen molar-refractivity contribution in [3.63, 3.8) is 0 Å². The average Bonchev–Trinajstić information content (AvgIpc) is 2.49. The van der Waals surface area contributed by atoms with Gasteiger partial charge in [-0.1, -0.05) is 12.1 Å². The first kappa shape index (κ1) is 15.3. The molecule has 0 spiro atoms. The van der Waals surface area contributed by atoms with Gasteiger partial charge in [0.2, 0.25) is 0 Å². The zero-order valence-electron chi connectivity index (χ0n) is 12.5. The smallest absolute Gasteiger partial charge is 0.118 e. The molecule has 0 amide bonds. The number of rotatable bonds is 6. The van der Waals surface area contributed by atoms with Crippen LogP contribution in [0.15, 0.2) is 24.3 Å². The lowest BCUT2D eigenvalue weighted by atomic mass is 9.95. The summed E-state index contributed by atoms with van der Waals surface area (Å²) in [6.45, 7) is 3.68. The van der Waals surface area contributed by atoms with E-state index in [0.717, 1.165) is 25.4 Å². The highest BCUT2D eigenvalue weighted by molar-refractivity contribution is 5.29. The molecule has 1 saturated heterocycles. The van der Waals surface area contributed by atoms with Gasteiger partial charge in [-0.3, -0.25) is 4.90 Å². The Morgan fingerprint density at radius 1 is 1.30 bits per heavy atom. The standard InChI is InChI=1S/C16H26N2O2/c1-19-12-13-4-3-9-18(11-13)16(10-17)14-5-7-15(20-2)8-6-14/h5-8,13,16H,3-4,9-12,17H2,1-2H3. The molecule has 1 aromatic rings. The number of piperidine rings is 1. The molecule has 1 aromatic carbocycles. The Hall–Kier alpha value is -1.10. The van der Waals surface area contributed by atoms with Crippen molar-refractivity contribution < 1.29 is 9.47 Å². The van der Waals surface area contributed by atoms with E-state index in [1.807, 2.05) is 12.1 Å². The van der Waals surface area contributed by atoms with Crippen LogP contribution in [0.5, 0.6) is 5.75 Å². The number of hydrogen-bond acceptors (Lipinski definition) is 4. The molecule has 2 rings (SSSR count). The van der Waals surface area contributed by atoms with Crippen LogP contribution < -0.4 is 10.5 Å². The zero-order chi connectivity index (χ0) is 14.4. The molecule has 1 heterocycles. The molecule has 2 N–H and O–H groups in total. The summed E-state index contributed by atoms with van der Waals surface area (Å²) in [6, 6.07) is 8.55. The Kier molecular flexibility index (Phi) is 5.83. The second-order valence-electron chi connectivity index (χ2n) is 5.48. The summed E-state index contributed by atoms with van der Waals surface area (Å²) < 4.78 is 10.5. The van der Waals surface area contributed by atoms with Crippen molar-refractivity contribution in [2.45, 2.75) is 18.9 Å². The van der Waals surface area contributed by atoms with E-state index in [0.29, 0.717) is 18.5 Å². The monoisotopic (exact) mass is 278 g/mol. The fraction of sp³-hybridized carbons (Fsp3) is 0.625. The minimum Gasteiger partial charge on any atom is -0.497 e. The molecular formula is C16H26N2O2. The number of hydrogen-bond donors (Lipinski definition) is 1. The van der Waals surface area contributed by atoms with Crippen LogP contribution >= 0.6 is 0 Å². The summed E-state index contributed by atoms with van der Waals surface area (Å²) in [5.74, 6) is 1.52. The number of ether oxygens (including phenoxy) is 2. The quantitative estimate of drug-likeness (QED) is 0.865. The first-order chi connectivity index (χ1) is 9.78. The third kappa shape index (κ3) is 3.72. The van der Waals surface area contributed by atoms with Crippen LogP contribution in [0.4, 0.5) is 0 Å². The molecule has 2 unspecified atom stereocenters. The first-order valence-corrected chi connectivity index (χ1v) is 7.35. The van der Waals surface area contributed by atoms with Gasteiger partial charge < -0.3 is 15.2 Å². The van der Waals surface area contributed by atoms with Crippen molar-refractivity contribution in [1.29, 1.82) is 0 Å². The van der Waals surface area contributed by atoms with Gasteiger partial charge in [0.1, 0.15) is 5.75 Å². The van der Waals surface area contributed by atoms with Gasteiger partial charge in [0.05, 0.1) is 13.7 Å². The highest BCUT2D eigenvalue weighted by atomic mass is 16.5. The van der Waals surface area contributed by atoms with Crippen LogP contribution in [-0.2, 0) is 4.74 Å². The number of likely N-dealkylation sites (tertiary alicyclic amines) is 1. The van der Waals surface area contributed by atoms with E-state index in [4.69, 9.17) is 15.2 Å². The summed E-state index contributed by atoms with van der Waals surface area (Å²) in [6.07, 6.45) is 2.48. The van der Waals surface area contributed by atoms with Gasteiger partial charge in [-0.15, -0.1) is 0 Å². The molecule has 1 aliphatic rings. The zero-order valence-corrected chi connectivity index (χ0v) is 12.5. The Labute approximate surface area is 121 Å². The summed E-state index contributed by atoms with van der Waals surface area (Å²) in [5, 5.41) is 0. The van der Waals surface area contributed by atoms with E-state index in [-0.39, 0.29) is 0 Å². The van der Waals surface area contributed by atoms with Crippen LogP contribution in [0.2, 0.25) is 0 Å². The van der Waals surface area contributed by atoms with E-state index < -0.39 is 0 Å². The molecule has 1 fully saturated rings. The lowest BCUT2D eigenvalue weighted by Gasteiger charge is -2.38. The minimum absolute atomic E-state index is 0.292. The topological polar surface area (TPSA) is 47.7 Å². The molecule has 2 atom stereocenters. The van der Waals surface area contributed by atoms with E-state index in [1.165, 1.54) is 18.4 Å². The van der Waals surface area contributed by atoms with Crippen LogP contribution in [-0.4, -0.2) is 45.4 Å². The maximum absolute atomic E-state index is 6.02. The second kappa shape index (κ2) is 7.62. The van der Waals surface area contributed by atoms with Crippen molar-refractivity contribution in [1.82, 2.24) is 4.90 Å². The Balaban J connectivity index is 2.06. The molecule has 4 heteroatoms. The molecule has 0 bridgehead atoms. The SMILES string of the molecule is COCC1CCCN(C(CN)c2ccc(OC)cc2)C1. The van der Waals surface area contributed by atoms with Crippen LogP contribution in [0.25, 0.3) is 0 Å². The molecule has 20 heavy (non-hydrogen) atoms. The van der Waals surface area contributed by atoms with Gasteiger partial charge in [0.25, 0.3) is 0 Å². The second-order valence-corrected chi connectivity index (χ2v) is 5.48. The molecule has 0 radical (unpaired) electrons. The molecule has 0 aromatic heterocycles. The minimum atomic E-state index is 0.292. The number of benzene rings is 1. The van der Waals surface area contributed by atoms with Crippen molar-refractivity contribution in [3.05, 3.63) is 29.8 Å². The van der Waals surface area contributed by atoms with E-state index in [9.17, 15) is 0 Å². The van der Waals surface area contributed by atoms with Gasteiger partial charge in [-0.2, -0.15) is 0 Å². The lowest BCUT2D eigenvalue weighted by Crippen LogP contribution is -2.42. The van der Waals surface area contributed by atoms with Crippen LogP contribution in [0.1, 0.15) is 24.4 Å². The van der Waals surface area contributed by atoms with E-state index in [2.05, 4.69) is 17.0 Å². The molecule has 1 aliphatic heterocycles. The largest absolute Gasteiger partial charge is 0.497 e. The third-order valence-corrected chi connectivity index (χ3v) is 4.12. The predicted octanol–water partition coefficient (Wildman–Crippen LogP) is 2.05. The Bertz CT molecular complexity index is 392. The highest BCUT2D eigenvalue weighted by Gasteiger charge is 2.26. The lowest BCUT2D eigenvalue weighted by molar-refractivity contribution is 0.0697. The van der Waals surface area contributed by atoms with Gasteiger partial charge in [-0.25, -0.2) is 0 Å². The fourth-order valence-corrected chi connectivity index (χ4v) is 3.07. The van der Waals surface area contributed by atoms with Crippen molar-refractivity contribution in [2.24, 2.45) is 11.7 Å². The van der Waals surface area contributed by atoms with Crippen molar-refractivity contribution in [3.8, 4) is 5.75 Å². The van der Waals surface area contributed by atoms with E-state index >= 15 is 0 Å². The van der Waals surface area contributed by atoms with Crippen molar-refractivity contribution >= 4 is 0 Å². The van der Waals surface area contributed by atoms with Crippen molar-refractivity contribution in [2.75, 3.05) is 40.5 Å². The number of methoxy groups -OCH3 is 2. The fourth-order valence-electron chi connectivity index (χ4n) is 3.07. The first-order valence-electron chi connectivity index (χ1n) is 7.35. The van der Waals surface area contributed by atoms with Crippen LogP contribution in [0, 0.1) is 5.92 Å². The maximum Gasteiger partial charge on any atom is 0.118 e. The molecular weight excluding hydrogens is 252 g/mol. The summed E-state index contributed by atoms with van der Waals surface area (Å²) >= 11 is 0. The number of nitrogens with zero attached hydrogens (tertiary/aromatic N) is 1. The summed E-state index contributed by atoms with van der Waals surface area (Å²) in [5.41, 5.74) is 7.29. The number of nitrogens with two attached hydrogens (primary N) is 1. The van der Waals surface area contributed by atoms with Gasteiger partial charge in [0.15, 0.2) is 0 Å². The normalized spacial score (nSPS) is 21.6. The highest BCUT2D eigenvalue weighted by Crippen LogP contribution is 2.27. The molecule has 112 valence electrons. The Morgan fingerprint density at radius 2 is 2.05 bits per heavy atom. The molecule has 0 saturated carbocycles. The maximum atomic E-state index is 6.02. The molecule has 0 aliphatic carbocycles. The van der Waals surface area contributed by atoms with E-state index in [1.54, 1.807) is 14.2 Å². The van der Waals surface area contributed by atoms with Gasteiger partial charge in [-0.05, 0) is 43.0 Å². The molecule has 4 nitrogen and oxygen atoms in total. The summed E-state index contributed by atoms with van der Waals surface area (Å²) in [4.78, 5) is 2.50. The predicted molar refractivity (Wildman–Crippen MR) is 81.0 cm³/mol.